The lowest BCUT2D eigenvalue weighted by Crippen LogP contribution is -2.16. The molecule has 0 aromatic heterocycles. The fourth-order valence-corrected chi connectivity index (χ4v) is 1.22. The van der Waals surface area contributed by atoms with Gasteiger partial charge in [-0.1, -0.05) is 23.3 Å². The Morgan fingerprint density at radius 2 is 1.87 bits per heavy atom. The Bertz CT molecular complexity index is 284. The second-order valence-corrected chi connectivity index (χ2v) is 4.77. The summed E-state index contributed by atoms with van der Waals surface area (Å²) in [5, 5.41) is 0. The predicted octanol–water partition coefficient (Wildman–Crippen LogP) is 1.52. The van der Waals surface area contributed by atoms with Crippen molar-refractivity contribution in [3.8, 4) is 0 Å². The van der Waals surface area contributed by atoms with Crippen molar-refractivity contribution < 1.29 is 18.9 Å². The van der Waals surface area contributed by atoms with E-state index >= 15 is 0 Å². The number of rotatable bonds is 6. The Labute approximate surface area is 90.9 Å². The second-order valence-electron chi connectivity index (χ2n) is 3.61. The van der Waals surface area contributed by atoms with Gasteiger partial charge in [0, 0.05) is 0 Å². The molecule has 88 valence electrons. The highest BCUT2D eigenvalue weighted by Crippen LogP contribution is 2.24. The van der Waals surface area contributed by atoms with Crippen molar-refractivity contribution in [2.24, 2.45) is 0 Å². The van der Waals surface area contributed by atoms with Crippen LogP contribution in [-0.2, 0) is 9.09 Å². The fraction of sp³-hybridized carbons (Fsp3) is 0.600. The zero-order chi connectivity index (χ0) is 11.9. The van der Waals surface area contributed by atoms with Gasteiger partial charge in [0.05, 0.1) is 14.4 Å². The number of hydrogen-bond acceptors (Lipinski definition) is 4. The van der Waals surface area contributed by atoms with Gasteiger partial charge in [-0.2, -0.15) is 0 Å². The summed E-state index contributed by atoms with van der Waals surface area (Å²) in [4.78, 5) is 20.3. The first-order valence-corrected chi connectivity index (χ1v) is 6.23. The monoisotopic (exact) mass is 232 g/mol. The van der Waals surface area contributed by atoms with Crippen LogP contribution in [0.2, 0.25) is 0 Å². The molecule has 0 bridgehead atoms. The van der Waals surface area contributed by atoms with Crippen molar-refractivity contribution in [2.75, 3.05) is 6.61 Å². The third kappa shape index (κ3) is 11.5. The molecular formula is C10H17O4P-2. The van der Waals surface area contributed by atoms with E-state index in [1.54, 1.807) is 6.08 Å². The van der Waals surface area contributed by atoms with Gasteiger partial charge < -0.3 is 18.9 Å². The van der Waals surface area contributed by atoms with Crippen LogP contribution in [0.4, 0.5) is 0 Å². The molecule has 5 heteroatoms. The Balaban J connectivity index is 3.80. The Hall–Kier alpha value is -0.410. The predicted molar refractivity (Wildman–Crippen MR) is 56.0 cm³/mol. The SMILES string of the molecule is CC(C)=CCCC(C)=CCOP(=O)([O-])[O-]. The van der Waals surface area contributed by atoms with Crippen molar-refractivity contribution in [1.29, 1.82) is 0 Å². The highest BCUT2D eigenvalue weighted by molar-refractivity contribution is 7.43. The van der Waals surface area contributed by atoms with Gasteiger partial charge in [0.15, 0.2) is 0 Å². The van der Waals surface area contributed by atoms with Crippen LogP contribution in [-0.4, -0.2) is 6.61 Å². The van der Waals surface area contributed by atoms with Gasteiger partial charge in [-0.05, 0) is 33.6 Å². The Kier molecular flexibility index (Phi) is 6.77. The van der Waals surface area contributed by atoms with Crippen molar-refractivity contribution in [1.82, 2.24) is 0 Å². The van der Waals surface area contributed by atoms with Crippen LogP contribution in [0.5, 0.6) is 0 Å². The summed E-state index contributed by atoms with van der Waals surface area (Å²) in [6.07, 6.45) is 5.47. The molecule has 0 saturated carbocycles. The quantitative estimate of drug-likeness (QED) is 0.514. The summed E-state index contributed by atoms with van der Waals surface area (Å²) < 4.78 is 14.2. The molecule has 0 amide bonds. The zero-order valence-electron chi connectivity index (χ0n) is 9.36. The topological polar surface area (TPSA) is 72.4 Å². The van der Waals surface area contributed by atoms with Gasteiger partial charge in [0.1, 0.15) is 0 Å². The first-order chi connectivity index (χ1) is 6.81. The molecule has 0 aliphatic carbocycles. The third-order valence-electron chi connectivity index (χ3n) is 1.76. The van der Waals surface area contributed by atoms with E-state index in [1.165, 1.54) is 5.57 Å². The first-order valence-electron chi connectivity index (χ1n) is 4.77. The highest BCUT2D eigenvalue weighted by Gasteiger charge is 1.91. The number of phosphoric ester groups is 1. The van der Waals surface area contributed by atoms with Crippen LogP contribution in [0.15, 0.2) is 23.3 Å². The minimum Gasteiger partial charge on any atom is -0.790 e. The smallest absolute Gasteiger partial charge is 0.0702 e. The van der Waals surface area contributed by atoms with Crippen molar-refractivity contribution in [3.05, 3.63) is 23.3 Å². The summed E-state index contributed by atoms with van der Waals surface area (Å²) >= 11 is 0. The van der Waals surface area contributed by atoms with E-state index in [2.05, 4.69) is 10.6 Å². The zero-order valence-corrected chi connectivity index (χ0v) is 10.3. The highest BCUT2D eigenvalue weighted by atomic mass is 31.2. The minimum atomic E-state index is -4.82. The molecule has 0 aromatic rings. The molecule has 0 aliphatic rings. The summed E-state index contributed by atoms with van der Waals surface area (Å²) in [5.41, 5.74) is 2.27. The molecule has 15 heavy (non-hydrogen) atoms. The lowest BCUT2D eigenvalue weighted by atomic mass is 10.1. The number of phosphoric acid groups is 1. The van der Waals surface area contributed by atoms with Gasteiger partial charge in [-0.25, -0.2) is 0 Å². The second kappa shape index (κ2) is 6.96. The van der Waals surface area contributed by atoms with Crippen molar-refractivity contribution >= 4 is 7.82 Å². The van der Waals surface area contributed by atoms with Crippen molar-refractivity contribution in [2.45, 2.75) is 33.6 Å². The Morgan fingerprint density at radius 1 is 1.27 bits per heavy atom. The molecule has 0 rings (SSSR count). The molecule has 0 fully saturated rings. The van der Waals surface area contributed by atoms with E-state index < -0.39 is 7.82 Å². The van der Waals surface area contributed by atoms with E-state index in [-0.39, 0.29) is 6.61 Å². The van der Waals surface area contributed by atoms with Crippen LogP contribution in [0.25, 0.3) is 0 Å². The molecule has 0 spiro atoms. The molecule has 0 aromatic carbocycles. The average Bonchev–Trinajstić information content (AvgIpc) is 2.00. The third-order valence-corrected chi connectivity index (χ3v) is 2.22. The van der Waals surface area contributed by atoms with E-state index in [9.17, 15) is 14.4 Å². The Morgan fingerprint density at radius 3 is 2.33 bits per heavy atom. The number of allylic oxidation sites excluding steroid dienone is 3. The number of hydrogen-bond donors (Lipinski definition) is 0. The van der Waals surface area contributed by atoms with Gasteiger partial charge in [-0.15, -0.1) is 0 Å². The standard InChI is InChI=1S/C10H19O4P/c1-9(2)5-4-6-10(3)7-8-14-15(11,12)13/h5,7H,4,6,8H2,1-3H3,(H2,11,12,13)/p-2. The van der Waals surface area contributed by atoms with Crippen LogP contribution in [0.1, 0.15) is 33.6 Å². The fourth-order valence-electron chi connectivity index (χ4n) is 0.961. The summed E-state index contributed by atoms with van der Waals surface area (Å²) in [6, 6.07) is 0. The van der Waals surface area contributed by atoms with E-state index in [0.717, 1.165) is 18.4 Å². The normalized spacial score (nSPS) is 12.7. The maximum atomic E-state index is 10.1. The molecule has 0 N–H and O–H groups in total. The lowest BCUT2D eigenvalue weighted by molar-refractivity contribution is -0.340. The van der Waals surface area contributed by atoms with E-state index in [0.29, 0.717) is 0 Å². The maximum Gasteiger partial charge on any atom is 0.0702 e. The molecule has 0 aliphatic heterocycles. The summed E-state index contributed by atoms with van der Waals surface area (Å²) in [6.45, 7) is 5.76. The van der Waals surface area contributed by atoms with Gasteiger partial charge in [0.25, 0.3) is 0 Å². The molecule has 0 atom stereocenters. The van der Waals surface area contributed by atoms with Gasteiger partial charge in [0.2, 0.25) is 0 Å². The van der Waals surface area contributed by atoms with Crippen LogP contribution >= 0.6 is 7.82 Å². The van der Waals surface area contributed by atoms with E-state index in [1.807, 2.05) is 20.8 Å². The van der Waals surface area contributed by atoms with Crippen LogP contribution < -0.4 is 9.79 Å². The largest absolute Gasteiger partial charge is 0.790 e. The summed E-state index contributed by atoms with van der Waals surface area (Å²) in [5.74, 6) is 0. The molecular weight excluding hydrogens is 215 g/mol. The molecule has 0 saturated heterocycles. The molecule has 0 heterocycles. The minimum absolute atomic E-state index is 0.162. The molecule has 0 radical (unpaired) electrons. The van der Waals surface area contributed by atoms with Crippen LogP contribution in [0, 0.1) is 0 Å². The molecule has 4 nitrogen and oxygen atoms in total. The van der Waals surface area contributed by atoms with Crippen molar-refractivity contribution in [3.63, 3.8) is 0 Å². The molecule has 0 unspecified atom stereocenters. The van der Waals surface area contributed by atoms with Gasteiger partial charge >= 0.3 is 0 Å². The van der Waals surface area contributed by atoms with E-state index in [4.69, 9.17) is 0 Å². The van der Waals surface area contributed by atoms with Gasteiger partial charge in [-0.3, -0.25) is 0 Å². The lowest BCUT2D eigenvalue weighted by Gasteiger charge is -2.27. The first kappa shape index (κ1) is 14.6. The maximum absolute atomic E-state index is 10.1. The average molecular weight is 232 g/mol. The summed E-state index contributed by atoms with van der Waals surface area (Å²) in [7, 11) is -4.82. The van der Waals surface area contributed by atoms with Crippen LogP contribution in [0.3, 0.4) is 0 Å².